The van der Waals surface area contributed by atoms with Crippen molar-refractivity contribution < 1.29 is 19.1 Å². The number of ether oxygens (including phenoxy) is 2. The van der Waals surface area contributed by atoms with Crippen LogP contribution in [0.4, 0.5) is 5.69 Å². The maximum atomic E-state index is 13.1. The fourth-order valence-corrected chi connectivity index (χ4v) is 5.23. The SMILES string of the molecule is O=C([C@@H]1CC(=O)N(c2ccc3c(c2)OCO3)C1)N1CC[C@H]2CCCC[C@@H]2C1. The van der Waals surface area contributed by atoms with Gasteiger partial charge in [0.05, 0.1) is 5.92 Å². The molecular weight excluding hydrogens is 344 g/mol. The van der Waals surface area contributed by atoms with Crippen molar-refractivity contribution in [1.29, 1.82) is 0 Å². The highest BCUT2D eigenvalue weighted by atomic mass is 16.7. The highest BCUT2D eigenvalue weighted by molar-refractivity contribution is 6.00. The van der Waals surface area contributed by atoms with Crippen LogP contribution in [0, 0.1) is 17.8 Å². The number of hydrogen-bond acceptors (Lipinski definition) is 4. The molecule has 3 heterocycles. The molecule has 6 heteroatoms. The lowest BCUT2D eigenvalue weighted by molar-refractivity contribution is -0.138. The van der Waals surface area contributed by atoms with Gasteiger partial charge in [-0.25, -0.2) is 0 Å². The van der Waals surface area contributed by atoms with E-state index >= 15 is 0 Å². The van der Waals surface area contributed by atoms with Crippen LogP contribution in [0.3, 0.4) is 0 Å². The first-order valence-electron chi connectivity index (χ1n) is 10.2. The van der Waals surface area contributed by atoms with Crippen molar-refractivity contribution in [3.63, 3.8) is 0 Å². The first-order chi connectivity index (χ1) is 13.2. The molecule has 3 aliphatic heterocycles. The summed E-state index contributed by atoms with van der Waals surface area (Å²) in [4.78, 5) is 29.4. The Bertz CT molecular complexity index is 765. The summed E-state index contributed by atoms with van der Waals surface area (Å²) in [6.45, 7) is 2.42. The van der Waals surface area contributed by atoms with Gasteiger partial charge in [-0.15, -0.1) is 0 Å². The number of nitrogens with zero attached hydrogens (tertiary/aromatic N) is 2. The quantitative estimate of drug-likeness (QED) is 0.803. The largest absolute Gasteiger partial charge is 0.454 e. The van der Waals surface area contributed by atoms with E-state index in [9.17, 15) is 9.59 Å². The Hall–Kier alpha value is -2.24. The predicted octanol–water partition coefficient (Wildman–Crippen LogP) is 2.81. The Labute approximate surface area is 159 Å². The summed E-state index contributed by atoms with van der Waals surface area (Å²) in [5, 5.41) is 0. The molecule has 1 aromatic rings. The molecular formula is C21H26N2O4. The molecule has 3 fully saturated rings. The van der Waals surface area contributed by atoms with Crippen LogP contribution in [0.2, 0.25) is 0 Å². The average molecular weight is 370 g/mol. The second kappa shape index (κ2) is 6.73. The fourth-order valence-electron chi connectivity index (χ4n) is 5.23. The van der Waals surface area contributed by atoms with Crippen molar-refractivity contribution in [2.24, 2.45) is 17.8 Å². The lowest BCUT2D eigenvalue weighted by Gasteiger charge is -2.42. The summed E-state index contributed by atoms with van der Waals surface area (Å²) in [6.07, 6.45) is 6.65. The van der Waals surface area contributed by atoms with Gasteiger partial charge in [0.25, 0.3) is 0 Å². The van der Waals surface area contributed by atoms with E-state index < -0.39 is 0 Å². The molecule has 0 N–H and O–H groups in total. The molecule has 0 spiro atoms. The van der Waals surface area contributed by atoms with Crippen LogP contribution in [0.5, 0.6) is 11.5 Å². The maximum Gasteiger partial charge on any atom is 0.231 e. The molecule has 1 aliphatic carbocycles. The molecule has 27 heavy (non-hydrogen) atoms. The van der Waals surface area contributed by atoms with Gasteiger partial charge in [-0.2, -0.15) is 0 Å². The number of anilines is 1. The number of likely N-dealkylation sites (tertiary alicyclic amines) is 1. The van der Waals surface area contributed by atoms with Gasteiger partial charge < -0.3 is 19.3 Å². The van der Waals surface area contributed by atoms with Crippen LogP contribution in [-0.2, 0) is 9.59 Å². The summed E-state index contributed by atoms with van der Waals surface area (Å²) in [5.74, 6) is 2.78. The third-order valence-electron chi connectivity index (χ3n) is 6.74. The van der Waals surface area contributed by atoms with Crippen molar-refractivity contribution in [2.45, 2.75) is 38.5 Å². The smallest absolute Gasteiger partial charge is 0.231 e. The number of amides is 2. The van der Waals surface area contributed by atoms with Crippen molar-refractivity contribution in [3.05, 3.63) is 18.2 Å². The summed E-state index contributed by atoms with van der Waals surface area (Å²) in [7, 11) is 0. The van der Waals surface area contributed by atoms with Gasteiger partial charge in [-0.1, -0.05) is 19.3 Å². The lowest BCUT2D eigenvalue weighted by Crippen LogP contribution is -2.47. The molecule has 4 aliphatic rings. The van der Waals surface area contributed by atoms with E-state index in [0.29, 0.717) is 30.4 Å². The van der Waals surface area contributed by atoms with Gasteiger partial charge in [0.2, 0.25) is 18.6 Å². The molecule has 5 rings (SSSR count). The monoisotopic (exact) mass is 370 g/mol. The molecule has 1 aromatic carbocycles. The minimum atomic E-state index is -0.233. The Morgan fingerprint density at radius 2 is 1.81 bits per heavy atom. The van der Waals surface area contributed by atoms with Crippen LogP contribution in [0.1, 0.15) is 38.5 Å². The summed E-state index contributed by atoms with van der Waals surface area (Å²) in [6, 6.07) is 5.53. The van der Waals surface area contributed by atoms with Gasteiger partial charge >= 0.3 is 0 Å². The third kappa shape index (κ3) is 3.05. The zero-order chi connectivity index (χ0) is 18.4. The van der Waals surface area contributed by atoms with Crippen LogP contribution < -0.4 is 14.4 Å². The first-order valence-corrected chi connectivity index (χ1v) is 10.2. The van der Waals surface area contributed by atoms with E-state index in [1.54, 1.807) is 4.90 Å². The van der Waals surface area contributed by atoms with E-state index in [0.717, 1.165) is 31.1 Å². The molecule has 6 nitrogen and oxygen atoms in total. The van der Waals surface area contributed by atoms with Gasteiger partial charge in [-0.05, 0) is 36.8 Å². The second-order valence-corrected chi connectivity index (χ2v) is 8.32. The van der Waals surface area contributed by atoms with Gasteiger partial charge in [0.15, 0.2) is 11.5 Å². The third-order valence-corrected chi connectivity index (χ3v) is 6.74. The molecule has 2 amide bonds. The van der Waals surface area contributed by atoms with E-state index in [4.69, 9.17) is 9.47 Å². The molecule has 2 saturated heterocycles. The minimum absolute atomic E-state index is 0.0137. The standard InChI is InChI=1S/C21H26N2O4/c24-20-9-16(12-23(20)17-5-6-18-19(10-17)27-13-26-18)21(25)22-8-7-14-3-1-2-4-15(14)11-22/h5-6,10,14-16H,1-4,7-9,11-13H2/t14-,15-,16-/m1/s1. The number of benzene rings is 1. The van der Waals surface area contributed by atoms with E-state index in [-0.39, 0.29) is 24.5 Å². The van der Waals surface area contributed by atoms with Gasteiger partial charge in [0, 0.05) is 37.8 Å². The summed E-state index contributed by atoms with van der Waals surface area (Å²) >= 11 is 0. The zero-order valence-corrected chi connectivity index (χ0v) is 15.6. The van der Waals surface area contributed by atoms with Crippen LogP contribution in [0.15, 0.2) is 18.2 Å². The molecule has 0 radical (unpaired) electrons. The van der Waals surface area contributed by atoms with Crippen LogP contribution in [-0.4, -0.2) is 43.1 Å². The molecule has 1 saturated carbocycles. The van der Waals surface area contributed by atoms with Crippen molar-refractivity contribution in [2.75, 3.05) is 31.3 Å². The van der Waals surface area contributed by atoms with Crippen molar-refractivity contribution >= 4 is 17.5 Å². The van der Waals surface area contributed by atoms with E-state index in [1.165, 1.54) is 25.7 Å². The highest BCUT2D eigenvalue weighted by Crippen LogP contribution is 2.39. The first kappa shape index (κ1) is 16.9. The Balaban J connectivity index is 1.27. The topological polar surface area (TPSA) is 59.1 Å². The lowest BCUT2D eigenvalue weighted by atomic mass is 9.75. The van der Waals surface area contributed by atoms with Crippen LogP contribution in [0.25, 0.3) is 0 Å². The zero-order valence-electron chi connectivity index (χ0n) is 15.6. The highest BCUT2D eigenvalue weighted by Gasteiger charge is 2.40. The van der Waals surface area contributed by atoms with E-state index in [2.05, 4.69) is 0 Å². The normalized spacial score (nSPS) is 29.8. The van der Waals surface area contributed by atoms with Crippen LogP contribution >= 0.6 is 0 Å². The fraction of sp³-hybridized carbons (Fsp3) is 0.619. The summed E-state index contributed by atoms with van der Waals surface area (Å²) in [5.41, 5.74) is 0.783. The van der Waals surface area contributed by atoms with Gasteiger partial charge in [-0.3, -0.25) is 9.59 Å². The molecule has 0 unspecified atom stereocenters. The number of carbonyl (C=O) groups excluding carboxylic acids is 2. The molecule has 3 atom stereocenters. The number of carbonyl (C=O) groups is 2. The summed E-state index contributed by atoms with van der Waals surface area (Å²) < 4.78 is 10.8. The Morgan fingerprint density at radius 3 is 2.70 bits per heavy atom. The molecule has 144 valence electrons. The minimum Gasteiger partial charge on any atom is -0.454 e. The number of rotatable bonds is 2. The average Bonchev–Trinajstić information content (AvgIpc) is 3.32. The molecule has 0 bridgehead atoms. The number of fused-ring (bicyclic) bond motifs is 2. The van der Waals surface area contributed by atoms with E-state index in [1.807, 2.05) is 23.1 Å². The van der Waals surface area contributed by atoms with Crippen molar-refractivity contribution in [3.8, 4) is 11.5 Å². The Morgan fingerprint density at radius 1 is 1.00 bits per heavy atom. The maximum absolute atomic E-state index is 13.1. The predicted molar refractivity (Wildman–Crippen MR) is 99.7 cm³/mol. The van der Waals surface area contributed by atoms with Crippen molar-refractivity contribution in [1.82, 2.24) is 4.90 Å². The second-order valence-electron chi connectivity index (χ2n) is 8.32. The molecule has 0 aromatic heterocycles. The Kier molecular flexibility index (Phi) is 4.21. The van der Waals surface area contributed by atoms with Gasteiger partial charge in [0.1, 0.15) is 0 Å². The number of hydrogen-bond donors (Lipinski definition) is 0. The number of piperidine rings is 1.